The lowest BCUT2D eigenvalue weighted by Gasteiger charge is -2.17. The fourth-order valence-electron chi connectivity index (χ4n) is 1.95. The van der Waals surface area contributed by atoms with Crippen molar-refractivity contribution in [3.8, 4) is 0 Å². The van der Waals surface area contributed by atoms with E-state index in [1.54, 1.807) is 0 Å². The Morgan fingerprint density at radius 3 is 2.72 bits per heavy atom. The number of aryl methyl sites for hydroxylation is 2. The van der Waals surface area contributed by atoms with Crippen LogP contribution in [0.5, 0.6) is 0 Å². The quantitative estimate of drug-likeness (QED) is 0.836. The van der Waals surface area contributed by atoms with Crippen LogP contribution in [0.1, 0.15) is 17.0 Å². The van der Waals surface area contributed by atoms with Gasteiger partial charge in [0.1, 0.15) is 5.82 Å². The zero-order valence-electron chi connectivity index (χ0n) is 11.2. The Hall–Kier alpha value is -1.81. The Labute approximate surface area is 108 Å². The molecule has 0 spiro atoms. The van der Waals surface area contributed by atoms with Crippen LogP contribution in [0.2, 0.25) is 0 Å². The first-order chi connectivity index (χ1) is 8.56. The summed E-state index contributed by atoms with van der Waals surface area (Å²) in [6, 6.07) is 6.24. The standard InChI is InChI=1S/C14H20N4/c1-11-4-5-12(8-13(11)15)9-17(2)10-14-16-6-7-18(14)3/h4-8H,9-10,15H2,1-3H3. The van der Waals surface area contributed by atoms with E-state index in [0.717, 1.165) is 30.2 Å². The van der Waals surface area contributed by atoms with Gasteiger partial charge in [0.05, 0.1) is 6.54 Å². The second kappa shape index (κ2) is 5.23. The first-order valence-electron chi connectivity index (χ1n) is 6.06. The third-order valence-electron chi connectivity index (χ3n) is 3.13. The minimum Gasteiger partial charge on any atom is -0.399 e. The molecule has 4 heteroatoms. The number of rotatable bonds is 4. The summed E-state index contributed by atoms with van der Waals surface area (Å²) in [6.07, 6.45) is 3.79. The molecule has 1 aromatic heterocycles. The van der Waals surface area contributed by atoms with Crippen molar-refractivity contribution in [2.75, 3.05) is 12.8 Å². The summed E-state index contributed by atoms with van der Waals surface area (Å²) in [5.74, 6) is 1.07. The zero-order chi connectivity index (χ0) is 13.1. The molecule has 0 amide bonds. The molecule has 2 aromatic rings. The van der Waals surface area contributed by atoms with Crippen LogP contribution in [-0.4, -0.2) is 21.5 Å². The van der Waals surface area contributed by atoms with Crippen LogP contribution in [0.3, 0.4) is 0 Å². The van der Waals surface area contributed by atoms with E-state index in [1.807, 2.05) is 37.0 Å². The Kier molecular flexibility index (Phi) is 3.67. The summed E-state index contributed by atoms with van der Waals surface area (Å²) < 4.78 is 2.04. The fourth-order valence-corrected chi connectivity index (χ4v) is 1.95. The summed E-state index contributed by atoms with van der Waals surface area (Å²) in [5.41, 5.74) is 9.14. The monoisotopic (exact) mass is 244 g/mol. The predicted molar refractivity (Wildman–Crippen MR) is 74.0 cm³/mol. The van der Waals surface area contributed by atoms with Crippen LogP contribution in [0.25, 0.3) is 0 Å². The Bertz CT molecular complexity index is 530. The van der Waals surface area contributed by atoms with Crippen molar-refractivity contribution in [2.45, 2.75) is 20.0 Å². The lowest BCUT2D eigenvalue weighted by Crippen LogP contribution is -2.19. The molecule has 96 valence electrons. The molecule has 18 heavy (non-hydrogen) atoms. The van der Waals surface area contributed by atoms with Gasteiger partial charge in [-0.05, 0) is 31.2 Å². The molecule has 2 N–H and O–H groups in total. The molecule has 0 saturated carbocycles. The molecule has 0 saturated heterocycles. The highest BCUT2D eigenvalue weighted by Crippen LogP contribution is 2.14. The lowest BCUT2D eigenvalue weighted by molar-refractivity contribution is 0.307. The van der Waals surface area contributed by atoms with E-state index in [2.05, 4.69) is 29.1 Å². The maximum atomic E-state index is 5.92. The van der Waals surface area contributed by atoms with Gasteiger partial charge in [-0.2, -0.15) is 0 Å². The molecule has 0 radical (unpaired) electrons. The van der Waals surface area contributed by atoms with E-state index in [-0.39, 0.29) is 0 Å². The second-order valence-electron chi connectivity index (χ2n) is 4.82. The summed E-state index contributed by atoms with van der Waals surface area (Å²) >= 11 is 0. The summed E-state index contributed by atoms with van der Waals surface area (Å²) in [4.78, 5) is 6.55. The van der Waals surface area contributed by atoms with Gasteiger partial charge in [-0.3, -0.25) is 4.90 Å². The molecule has 1 heterocycles. The number of nitrogen functional groups attached to an aromatic ring is 1. The number of nitrogens with zero attached hydrogens (tertiary/aromatic N) is 3. The van der Waals surface area contributed by atoms with E-state index in [9.17, 15) is 0 Å². The SMILES string of the molecule is Cc1ccc(CN(C)Cc2nccn2C)cc1N. The van der Waals surface area contributed by atoms with Gasteiger partial charge in [-0.25, -0.2) is 4.98 Å². The van der Waals surface area contributed by atoms with E-state index in [0.29, 0.717) is 0 Å². The molecule has 0 atom stereocenters. The fraction of sp³-hybridized carbons (Fsp3) is 0.357. The molecule has 2 rings (SSSR count). The zero-order valence-corrected chi connectivity index (χ0v) is 11.2. The lowest BCUT2D eigenvalue weighted by atomic mass is 10.1. The summed E-state index contributed by atoms with van der Waals surface area (Å²) in [5, 5.41) is 0. The van der Waals surface area contributed by atoms with Crippen molar-refractivity contribution in [3.05, 3.63) is 47.5 Å². The molecule has 0 unspecified atom stereocenters. The van der Waals surface area contributed by atoms with Crippen LogP contribution >= 0.6 is 0 Å². The van der Waals surface area contributed by atoms with Gasteiger partial charge in [0.2, 0.25) is 0 Å². The molecule has 0 aliphatic carbocycles. The van der Waals surface area contributed by atoms with Crippen molar-refractivity contribution < 1.29 is 0 Å². The Morgan fingerprint density at radius 1 is 1.33 bits per heavy atom. The van der Waals surface area contributed by atoms with Gasteiger partial charge in [0.25, 0.3) is 0 Å². The van der Waals surface area contributed by atoms with Crippen LogP contribution in [0.4, 0.5) is 5.69 Å². The van der Waals surface area contributed by atoms with Crippen molar-refractivity contribution >= 4 is 5.69 Å². The number of aromatic nitrogens is 2. The average molecular weight is 244 g/mol. The third kappa shape index (κ3) is 2.90. The topological polar surface area (TPSA) is 47.1 Å². The van der Waals surface area contributed by atoms with Crippen molar-refractivity contribution in [2.24, 2.45) is 7.05 Å². The highest BCUT2D eigenvalue weighted by Gasteiger charge is 2.06. The number of nitrogens with two attached hydrogens (primary N) is 1. The first-order valence-corrected chi connectivity index (χ1v) is 6.06. The normalized spacial score (nSPS) is 11.1. The number of benzene rings is 1. The number of anilines is 1. The summed E-state index contributed by atoms with van der Waals surface area (Å²) in [6.45, 7) is 3.73. The number of hydrogen-bond acceptors (Lipinski definition) is 3. The van der Waals surface area contributed by atoms with Gasteiger partial charge < -0.3 is 10.3 Å². The predicted octanol–water partition coefficient (Wildman–Crippen LogP) is 1.94. The highest BCUT2D eigenvalue weighted by atomic mass is 15.1. The smallest absolute Gasteiger partial charge is 0.122 e. The molecule has 1 aromatic carbocycles. The Morgan fingerprint density at radius 2 is 2.11 bits per heavy atom. The minimum absolute atomic E-state index is 0.831. The van der Waals surface area contributed by atoms with Crippen molar-refractivity contribution in [1.29, 1.82) is 0 Å². The maximum absolute atomic E-state index is 5.92. The number of imidazole rings is 1. The first kappa shape index (κ1) is 12.6. The third-order valence-corrected chi connectivity index (χ3v) is 3.13. The van der Waals surface area contributed by atoms with Gasteiger partial charge >= 0.3 is 0 Å². The highest BCUT2D eigenvalue weighted by molar-refractivity contribution is 5.48. The second-order valence-corrected chi connectivity index (χ2v) is 4.82. The van der Waals surface area contributed by atoms with Crippen molar-refractivity contribution in [1.82, 2.24) is 14.5 Å². The van der Waals surface area contributed by atoms with Gasteiger partial charge in [0.15, 0.2) is 0 Å². The molecule has 4 nitrogen and oxygen atoms in total. The number of hydrogen-bond donors (Lipinski definition) is 1. The van der Waals surface area contributed by atoms with E-state index in [1.165, 1.54) is 5.56 Å². The van der Waals surface area contributed by atoms with Crippen LogP contribution < -0.4 is 5.73 Å². The van der Waals surface area contributed by atoms with Gasteiger partial charge in [-0.1, -0.05) is 12.1 Å². The molecule has 0 fully saturated rings. The minimum atomic E-state index is 0.831. The Balaban J connectivity index is 2.01. The molecule has 0 bridgehead atoms. The van der Waals surface area contributed by atoms with Crippen LogP contribution in [0, 0.1) is 6.92 Å². The van der Waals surface area contributed by atoms with E-state index in [4.69, 9.17) is 5.73 Å². The van der Waals surface area contributed by atoms with Crippen LogP contribution in [0.15, 0.2) is 30.6 Å². The molecule has 0 aliphatic rings. The summed E-state index contributed by atoms with van der Waals surface area (Å²) in [7, 11) is 4.10. The molecule has 0 aliphatic heterocycles. The largest absolute Gasteiger partial charge is 0.399 e. The van der Waals surface area contributed by atoms with Crippen LogP contribution in [-0.2, 0) is 20.1 Å². The van der Waals surface area contributed by atoms with Gasteiger partial charge in [-0.15, -0.1) is 0 Å². The van der Waals surface area contributed by atoms with Crippen molar-refractivity contribution in [3.63, 3.8) is 0 Å². The van der Waals surface area contributed by atoms with E-state index < -0.39 is 0 Å². The average Bonchev–Trinajstić information content (AvgIpc) is 2.70. The van der Waals surface area contributed by atoms with Gasteiger partial charge in [0, 0.05) is 31.7 Å². The molecular weight excluding hydrogens is 224 g/mol. The maximum Gasteiger partial charge on any atom is 0.122 e. The van der Waals surface area contributed by atoms with E-state index >= 15 is 0 Å². The molecular formula is C14H20N4.